The van der Waals surface area contributed by atoms with Crippen LogP contribution in [0.1, 0.15) is 66.4 Å². The predicted molar refractivity (Wildman–Crippen MR) is 138 cm³/mol. The summed E-state index contributed by atoms with van der Waals surface area (Å²) in [5.74, 6) is -1.67. The number of nitriles is 1. The Morgan fingerprint density at radius 1 is 1.19 bits per heavy atom. The topological polar surface area (TPSA) is 131 Å². The average Bonchev–Trinajstić information content (AvgIpc) is 3.35. The summed E-state index contributed by atoms with van der Waals surface area (Å²) in [4.78, 5) is 54.1. The van der Waals surface area contributed by atoms with Crippen LogP contribution in [0.2, 0.25) is 0 Å². The number of anilines is 1. The van der Waals surface area contributed by atoms with Crippen LogP contribution in [-0.4, -0.2) is 52.7 Å². The van der Waals surface area contributed by atoms with Crippen LogP contribution in [0, 0.1) is 28.6 Å². The first kappa shape index (κ1) is 26.6. The van der Waals surface area contributed by atoms with E-state index in [4.69, 9.17) is 0 Å². The van der Waals surface area contributed by atoms with Crippen LogP contribution in [0.4, 0.5) is 5.69 Å². The van der Waals surface area contributed by atoms with Crippen LogP contribution in [0.5, 0.6) is 0 Å². The molecule has 4 rings (SSSR count). The van der Waals surface area contributed by atoms with Gasteiger partial charge in [-0.3, -0.25) is 19.2 Å². The Morgan fingerprint density at radius 2 is 1.86 bits per heavy atom. The third kappa shape index (κ3) is 4.70. The first-order chi connectivity index (χ1) is 17.2. The molecule has 0 aromatic heterocycles. The molecule has 1 saturated heterocycles. The molecule has 37 heavy (non-hydrogen) atoms. The lowest BCUT2D eigenvalue weighted by molar-refractivity contribution is -0.145. The van der Waals surface area contributed by atoms with Gasteiger partial charge in [0.1, 0.15) is 12.1 Å². The van der Waals surface area contributed by atoms with E-state index >= 15 is 0 Å². The average molecular weight is 508 g/mol. The third-order valence-corrected chi connectivity index (χ3v) is 8.55. The number of nitrogens with zero attached hydrogens (tertiary/aromatic N) is 2. The van der Waals surface area contributed by atoms with E-state index in [1.54, 1.807) is 6.07 Å². The molecule has 1 unspecified atom stereocenters. The van der Waals surface area contributed by atoms with Crippen LogP contribution < -0.4 is 16.0 Å². The summed E-state index contributed by atoms with van der Waals surface area (Å²) in [7, 11) is 0. The Hall–Kier alpha value is -3.41. The highest BCUT2D eigenvalue weighted by atomic mass is 16.2. The van der Waals surface area contributed by atoms with Gasteiger partial charge >= 0.3 is 11.8 Å². The van der Waals surface area contributed by atoms with E-state index in [1.165, 1.54) is 4.90 Å². The summed E-state index contributed by atoms with van der Waals surface area (Å²) in [6, 6.07) is 7.63. The monoisotopic (exact) mass is 507 g/mol. The van der Waals surface area contributed by atoms with Crippen molar-refractivity contribution in [2.45, 2.75) is 83.8 Å². The molecule has 1 aliphatic carbocycles. The first-order valence-electron chi connectivity index (χ1n) is 12.9. The van der Waals surface area contributed by atoms with Gasteiger partial charge in [-0.05, 0) is 48.6 Å². The Morgan fingerprint density at radius 3 is 2.46 bits per heavy atom. The Bertz CT molecular complexity index is 1180. The number of rotatable bonds is 4. The molecule has 1 aromatic rings. The lowest BCUT2D eigenvalue weighted by atomic mass is 9.61. The largest absolute Gasteiger partial charge is 0.342 e. The van der Waals surface area contributed by atoms with Gasteiger partial charge in [-0.1, -0.05) is 52.8 Å². The number of hydrogen-bond donors (Lipinski definition) is 3. The fraction of sp³-hybridized carbons (Fsp3) is 0.607. The minimum Gasteiger partial charge on any atom is -0.342 e. The van der Waals surface area contributed by atoms with Crippen LogP contribution >= 0.6 is 0 Å². The van der Waals surface area contributed by atoms with Gasteiger partial charge in [-0.15, -0.1) is 0 Å². The second kappa shape index (κ2) is 9.16. The van der Waals surface area contributed by atoms with E-state index in [0.29, 0.717) is 11.6 Å². The van der Waals surface area contributed by atoms with Crippen LogP contribution in [0.3, 0.4) is 0 Å². The van der Waals surface area contributed by atoms with Crippen LogP contribution in [0.15, 0.2) is 24.3 Å². The lowest BCUT2D eigenvalue weighted by Gasteiger charge is -2.51. The molecule has 2 heterocycles. The molecule has 1 saturated carbocycles. The number of para-hydroxylation sites is 1. The van der Waals surface area contributed by atoms with Gasteiger partial charge in [0, 0.05) is 24.2 Å². The van der Waals surface area contributed by atoms with Crippen LogP contribution in [-0.2, 0) is 24.6 Å². The van der Waals surface area contributed by atoms with Crippen molar-refractivity contribution in [1.82, 2.24) is 15.5 Å². The van der Waals surface area contributed by atoms with Gasteiger partial charge in [0.25, 0.3) is 0 Å². The molecule has 1 spiro atoms. The third-order valence-electron chi connectivity index (χ3n) is 8.55. The number of carbonyl (C=O) groups excluding carboxylic acids is 4. The zero-order valence-corrected chi connectivity index (χ0v) is 22.5. The number of nitrogens with one attached hydrogen (secondary N) is 3. The van der Waals surface area contributed by atoms with Gasteiger partial charge in [0.05, 0.1) is 11.5 Å². The summed E-state index contributed by atoms with van der Waals surface area (Å²) in [5, 5.41) is 18.3. The van der Waals surface area contributed by atoms with E-state index in [2.05, 4.69) is 28.9 Å². The number of likely N-dealkylation sites (tertiary alicyclic amines) is 1. The summed E-state index contributed by atoms with van der Waals surface area (Å²) in [6.45, 7) is 11.9. The standard InChI is InChI=1S/C28H37N5O4/c1-16-11-27(6,17(16)2)32-23(35)22(34)30-21(13-26(3,4)5)24(36)33-15-28(12-18(33)14-29)19-9-7-8-10-20(19)31-25(28)37/h7-10,16-18,21H,11-13,15H2,1-6H3,(H,30,34)(H,31,37)(H,32,35)/t16?,17-,18+,21+,27+,28+/m1/s1. The van der Waals surface area contributed by atoms with Crippen molar-refractivity contribution in [3.8, 4) is 6.07 Å². The number of fused-ring (bicyclic) bond motifs is 2. The van der Waals surface area contributed by atoms with E-state index < -0.39 is 40.8 Å². The molecule has 9 nitrogen and oxygen atoms in total. The summed E-state index contributed by atoms with van der Waals surface area (Å²) < 4.78 is 0. The van der Waals surface area contributed by atoms with Gasteiger partial charge in [-0.2, -0.15) is 5.26 Å². The van der Waals surface area contributed by atoms with Crippen molar-refractivity contribution in [2.75, 3.05) is 11.9 Å². The molecule has 2 fully saturated rings. The summed E-state index contributed by atoms with van der Waals surface area (Å²) in [5.41, 5.74) is -0.392. The van der Waals surface area contributed by atoms with E-state index in [-0.39, 0.29) is 36.6 Å². The zero-order valence-electron chi connectivity index (χ0n) is 22.5. The van der Waals surface area contributed by atoms with Crippen molar-refractivity contribution < 1.29 is 19.2 Å². The molecule has 198 valence electrons. The molecule has 3 aliphatic rings. The summed E-state index contributed by atoms with van der Waals surface area (Å²) >= 11 is 0. The number of benzene rings is 1. The molecule has 4 amide bonds. The molecule has 6 atom stereocenters. The molecular weight excluding hydrogens is 470 g/mol. The number of carbonyl (C=O) groups is 4. The van der Waals surface area contributed by atoms with E-state index in [1.807, 2.05) is 52.8 Å². The molecule has 2 aliphatic heterocycles. The lowest BCUT2D eigenvalue weighted by Crippen LogP contribution is -2.63. The normalized spacial score (nSPS) is 31.1. The minimum atomic E-state index is -1.02. The molecule has 0 bridgehead atoms. The van der Waals surface area contributed by atoms with Crippen molar-refractivity contribution in [3.05, 3.63) is 29.8 Å². The van der Waals surface area contributed by atoms with Crippen molar-refractivity contribution in [1.29, 1.82) is 5.26 Å². The van der Waals surface area contributed by atoms with Crippen molar-refractivity contribution in [2.24, 2.45) is 17.3 Å². The van der Waals surface area contributed by atoms with Crippen molar-refractivity contribution >= 4 is 29.3 Å². The molecular formula is C28H37N5O4. The quantitative estimate of drug-likeness (QED) is 0.539. The fourth-order valence-corrected chi connectivity index (χ4v) is 6.20. The van der Waals surface area contributed by atoms with Crippen LogP contribution in [0.25, 0.3) is 0 Å². The predicted octanol–water partition coefficient (Wildman–Crippen LogP) is 2.47. The fourth-order valence-electron chi connectivity index (χ4n) is 6.20. The number of hydrogen-bond acceptors (Lipinski definition) is 5. The number of amides is 4. The second-order valence-electron chi connectivity index (χ2n) is 12.5. The van der Waals surface area contributed by atoms with Gasteiger partial charge in [-0.25, -0.2) is 0 Å². The highest BCUT2D eigenvalue weighted by Gasteiger charge is 2.56. The molecule has 1 aromatic carbocycles. The molecule has 0 radical (unpaired) electrons. The zero-order chi connectivity index (χ0) is 27.3. The highest BCUT2D eigenvalue weighted by Crippen LogP contribution is 2.46. The second-order valence-corrected chi connectivity index (χ2v) is 12.5. The van der Waals surface area contributed by atoms with E-state index in [0.717, 1.165) is 12.0 Å². The first-order valence-corrected chi connectivity index (χ1v) is 12.9. The maximum atomic E-state index is 13.9. The SMILES string of the molecule is CC1C[C@](C)(NC(=O)C(=O)N[C@@H](CC(C)(C)C)C(=O)N2C[C@]3(C[C@H]2C#N)C(=O)Nc2ccccc23)[C@@H]1C. The maximum Gasteiger partial charge on any atom is 0.309 e. The van der Waals surface area contributed by atoms with E-state index in [9.17, 15) is 24.4 Å². The Labute approximate surface area is 218 Å². The smallest absolute Gasteiger partial charge is 0.309 e. The molecule has 9 heteroatoms. The van der Waals surface area contributed by atoms with Crippen molar-refractivity contribution in [3.63, 3.8) is 0 Å². The Balaban J connectivity index is 1.55. The van der Waals surface area contributed by atoms with Gasteiger partial charge in [0.2, 0.25) is 11.8 Å². The Kier molecular flexibility index (Phi) is 6.60. The minimum absolute atomic E-state index is 0.0308. The molecule has 3 N–H and O–H groups in total. The summed E-state index contributed by atoms with van der Waals surface area (Å²) in [6.07, 6.45) is 1.21. The maximum absolute atomic E-state index is 13.9. The highest BCUT2D eigenvalue weighted by molar-refractivity contribution is 6.35. The van der Waals surface area contributed by atoms with Gasteiger partial charge in [0.15, 0.2) is 0 Å². The van der Waals surface area contributed by atoms with Gasteiger partial charge < -0.3 is 20.9 Å².